The van der Waals surface area contributed by atoms with E-state index in [9.17, 15) is 4.79 Å². The molecule has 9 heteroatoms. The maximum absolute atomic E-state index is 11.8. The number of amides is 1. The SMILES string of the molecule is CC(C)(C)OC(=O)Nc1ccc(OC2C[C@@]23OCC[C@H]2CCOC(C)(C)O[C@H]23)nn1. The van der Waals surface area contributed by atoms with Crippen LogP contribution in [0, 0.1) is 5.92 Å². The van der Waals surface area contributed by atoms with Crippen LogP contribution in [0.25, 0.3) is 0 Å². The van der Waals surface area contributed by atoms with Crippen molar-refractivity contribution in [2.45, 2.75) is 83.1 Å². The number of aromatic nitrogens is 2. The first-order chi connectivity index (χ1) is 14.1. The molecule has 0 radical (unpaired) electrons. The van der Waals surface area contributed by atoms with Crippen molar-refractivity contribution in [3.05, 3.63) is 12.1 Å². The lowest BCUT2D eigenvalue weighted by atomic mass is 9.88. The van der Waals surface area contributed by atoms with Gasteiger partial charge in [0.25, 0.3) is 0 Å². The number of hydrogen-bond donors (Lipinski definition) is 1. The van der Waals surface area contributed by atoms with E-state index < -0.39 is 23.1 Å². The van der Waals surface area contributed by atoms with E-state index in [0.717, 1.165) is 19.3 Å². The second-order valence-electron chi connectivity index (χ2n) is 9.62. The molecule has 2 aliphatic heterocycles. The number of nitrogens with one attached hydrogen (secondary N) is 1. The van der Waals surface area contributed by atoms with Gasteiger partial charge in [0.2, 0.25) is 5.88 Å². The van der Waals surface area contributed by atoms with Gasteiger partial charge in [0, 0.05) is 19.1 Å². The van der Waals surface area contributed by atoms with Crippen molar-refractivity contribution >= 4 is 11.9 Å². The molecule has 4 atom stereocenters. The Balaban J connectivity index is 1.38. The van der Waals surface area contributed by atoms with Crippen molar-refractivity contribution in [3.8, 4) is 5.88 Å². The van der Waals surface area contributed by atoms with Gasteiger partial charge in [-0.3, -0.25) is 5.32 Å². The molecule has 30 heavy (non-hydrogen) atoms. The second kappa shape index (κ2) is 7.62. The van der Waals surface area contributed by atoms with E-state index in [2.05, 4.69) is 15.5 Å². The maximum Gasteiger partial charge on any atom is 0.413 e. The summed E-state index contributed by atoms with van der Waals surface area (Å²) in [7, 11) is 0. The Morgan fingerprint density at radius 1 is 1.17 bits per heavy atom. The first kappa shape index (κ1) is 21.3. The molecule has 1 spiro atoms. The zero-order chi connectivity index (χ0) is 21.6. The molecule has 1 saturated carbocycles. The Hall–Kier alpha value is -1.97. The molecule has 0 aromatic carbocycles. The molecule has 1 aliphatic carbocycles. The third kappa shape index (κ3) is 4.68. The van der Waals surface area contributed by atoms with Crippen LogP contribution in [-0.4, -0.2) is 58.7 Å². The summed E-state index contributed by atoms with van der Waals surface area (Å²) in [6.45, 7) is 10.6. The van der Waals surface area contributed by atoms with Crippen molar-refractivity contribution in [2.24, 2.45) is 5.92 Å². The topological polar surface area (TPSA) is 101 Å². The van der Waals surface area contributed by atoms with Crippen molar-refractivity contribution < 1.29 is 28.5 Å². The number of hydrogen-bond acceptors (Lipinski definition) is 8. The summed E-state index contributed by atoms with van der Waals surface area (Å²) in [6, 6.07) is 3.30. The van der Waals surface area contributed by atoms with Gasteiger partial charge >= 0.3 is 6.09 Å². The van der Waals surface area contributed by atoms with E-state index in [1.54, 1.807) is 32.9 Å². The molecule has 9 nitrogen and oxygen atoms in total. The molecule has 3 aliphatic rings. The van der Waals surface area contributed by atoms with Gasteiger partial charge in [-0.2, -0.15) is 0 Å². The Bertz CT molecular complexity index is 778. The highest BCUT2D eigenvalue weighted by Gasteiger charge is 2.68. The summed E-state index contributed by atoms with van der Waals surface area (Å²) in [6.07, 6.45) is 1.85. The highest BCUT2D eigenvalue weighted by molar-refractivity contribution is 5.83. The van der Waals surface area contributed by atoms with Crippen LogP contribution in [0.5, 0.6) is 5.88 Å². The summed E-state index contributed by atoms with van der Waals surface area (Å²) >= 11 is 0. The molecule has 1 N–H and O–H groups in total. The fraction of sp³-hybridized carbons (Fsp3) is 0.762. The van der Waals surface area contributed by atoms with Crippen LogP contribution >= 0.6 is 0 Å². The van der Waals surface area contributed by atoms with E-state index in [-0.39, 0.29) is 12.2 Å². The first-order valence-electron chi connectivity index (χ1n) is 10.5. The summed E-state index contributed by atoms with van der Waals surface area (Å²) in [5, 5.41) is 10.6. The number of carbonyl (C=O) groups excluding carboxylic acids is 1. The average Bonchev–Trinajstić information content (AvgIpc) is 3.33. The van der Waals surface area contributed by atoms with Crippen molar-refractivity contribution in [2.75, 3.05) is 18.5 Å². The lowest BCUT2D eigenvalue weighted by Crippen LogP contribution is -2.50. The highest BCUT2D eigenvalue weighted by Crippen LogP contribution is 2.53. The van der Waals surface area contributed by atoms with Crippen LogP contribution in [0.3, 0.4) is 0 Å². The summed E-state index contributed by atoms with van der Waals surface area (Å²) in [5.41, 5.74) is -1.05. The predicted octanol–water partition coefficient (Wildman–Crippen LogP) is 3.29. The highest BCUT2D eigenvalue weighted by atomic mass is 16.7. The van der Waals surface area contributed by atoms with Crippen LogP contribution in [0.2, 0.25) is 0 Å². The van der Waals surface area contributed by atoms with Gasteiger partial charge in [0.15, 0.2) is 11.6 Å². The Labute approximate surface area is 176 Å². The van der Waals surface area contributed by atoms with Crippen LogP contribution in [0.1, 0.15) is 53.9 Å². The fourth-order valence-electron chi connectivity index (χ4n) is 4.15. The zero-order valence-corrected chi connectivity index (χ0v) is 18.3. The molecule has 4 rings (SSSR count). The van der Waals surface area contributed by atoms with Gasteiger partial charge < -0.3 is 23.7 Å². The number of anilines is 1. The lowest BCUT2D eigenvalue weighted by molar-refractivity contribution is -0.264. The summed E-state index contributed by atoms with van der Waals surface area (Å²) < 4.78 is 29.6. The number of rotatable bonds is 3. The Kier molecular flexibility index (Phi) is 5.40. The smallest absolute Gasteiger partial charge is 0.413 e. The normalized spacial score (nSPS) is 32.6. The molecule has 1 aromatic rings. The fourth-order valence-corrected chi connectivity index (χ4v) is 4.15. The van der Waals surface area contributed by atoms with Gasteiger partial charge in [0.1, 0.15) is 17.3 Å². The van der Waals surface area contributed by atoms with Gasteiger partial charge in [-0.05, 0) is 59.4 Å². The van der Waals surface area contributed by atoms with E-state index in [1.165, 1.54) is 0 Å². The van der Waals surface area contributed by atoms with E-state index in [4.69, 9.17) is 23.7 Å². The molecular formula is C21H31N3O6. The van der Waals surface area contributed by atoms with Crippen LogP contribution < -0.4 is 10.1 Å². The molecule has 1 unspecified atom stereocenters. The average molecular weight is 421 g/mol. The standard InChI is InChI=1S/C21H31N3O6/c1-19(2,3)30-18(25)22-15-6-7-16(24-23-15)28-14-12-21(14)17-13(9-11-27-21)8-10-26-20(4,5)29-17/h6-7,13-14,17H,8-12H2,1-5H3,(H,22,23,25)/t13-,14?,17-,21-/m1/s1. The van der Waals surface area contributed by atoms with Crippen molar-refractivity contribution in [1.29, 1.82) is 0 Å². The van der Waals surface area contributed by atoms with E-state index >= 15 is 0 Å². The Morgan fingerprint density at radius 3 is 2.57 bits per heavy atom. The van der Waals surface area contributed by atoms with Crippen molar-refractivity contribution in [1.82, 2.24) is 10.2 Å². The first-order valence-corrected chi connectivity index (χ1v) is 10.5. The van der Waals surface area contributed by atoms with Gasteiger partial charge in [-0.15, -0.1) is 10.2 Å². The molecule has 1 aromatic heterocycles. The molecule has 166 valence electrons. The molecule has 0 bridgehead atoms. The number of nitrogens with zero attached hydrogens (tertiary/aromatic N) is 2. The minimum atomic E-state index is -0.644. The van der Waals surface area contributed by atoms with Gasteiger partial charge in [-0.1, -0.05) is 0 Å². The van der Waals surface area contributed by atoms with Gasteiger partial charge in [0.05, 0.1) is 12.7 Å². The third-order valence-electron chi connectivity index (χ3n) is 5.54. The van der Waals surface area contributed by atoms with Crippen LogP contribution in [0.4, 0.5) is 10.6 Å². The monoisotopic (exact) mass is 421 g/mol. The summed E-state index contributed by atoms with van der Waals surface area (Å²) in [4.78, 5) is 11.8. The largest absolute Gasteiger partial charge is 0.470 e. The number of fused-ring (bicyclic) bond motifs is 2. The second-order valence-corrected chi connectivity index (χ2v) is 9.62. The van der Waals surface area contributed by atoms with Crippen molar-refractivity contribution in [3.63, 3.8) is 0 Å². The Morgan fingerprint density at radius 2 is 1.90 bits per heavy atom. The third-order valence-corrected chi connectivity index (χ3v) is 5.54. The summed E-state index contributed by atoms with van der Waals surface area (Å²) in [5.74, 6) is 0.416. The van der Waals surface area contributed by atoms with E-state index in [1.807, 2.05) is 13.8 Å². The molecule has 2 saturated heterocycles. The van der Waals surface area contributed by atoms with Crippen LogP contribution in [0.15, 0.2) is 12.1 Å². The maximum atomic E-state index is 11.8. The lowest BCUT2D eigenvalue weighted by Gasteiger charge is -2.40. The number of carbonyl (C=O) groups is 1. The van der Waals surface area contributed by atoms with E-state index in [0.29, 0.717) is 30.8 Å². The van der Waals surface area contributed by atoms with Gasteiger partial charge in [-0.25, -0.2) is 4.79 Å². The molecule has 1 amide bonds. The minimum absolute atomic E-state index is 0.0742. The quantitative estimate of drug-likeness (QED) is 0.793. The predicted molar refractivity (Wildman–Crippen MR) is 107 cm³/mol. The molecule has 3 heterocycles. The van der Waals surface area contributed by atoms with Crippen LogP contribution in [-0.2, 0) is 18.9 Å². The zero-order valence-electron chi connectivity index (χ0n) is 18.3. The molecular weight excluding hydrogens is 390 g/mol. The number of ether oxygens (including phenoxy) is 5. The minimum Gasteiger partial charge on any atom is -0.470 e. The molecule has 3 fully saturated rings.